The third-order valence-electron chi connectivity index (χ3n) is 4.56. The molecule has 1 aromatic carbocycles. The number of rotatable bonds is 8. The van der Waals surface area contributed by atoms with Crippen molar-refractivity contribution < 1.29 is 4.79 Å². The molecule has 25 heavy (non-hydrogen) atoms. The number of hydrogen-bond acceptors (Lipinski definition) is 4. The largest absolute Gasteiger partial charge is 0.378 e. The van der Waals surface area contributed by atoms with Gasteiger partial charge in [-0.3, -0.25) is 9.69 Å². The Morgan fingerprint density at radius 1 is 1.24 bits per heavy atom. The van der Waals surface area contributed by atoms with E-state index in [0.29, 0.717) is 10.2 Å². The predicted octanol–water partition coefficient (Wildman–Crippen LogP) is 5.17. The Hall–Kier alpha value is -1.33. The second kappa shape index (κ2) is 9.39. The third-order valence-corrected chi connectivity index (χ3v) is 5.94. The summed E-state index contributed by atoms with van der Waals surface area (Å²) >= 11 is 6.89. The van der Waals surface area contributed by atoms with E-state index >= 15 is 0 Å². The minimum Gasteiger partial charge on any atom is -0.378 e. The molecule has 1 fully saturated rings. The van der Waals surface area contributed by atoms with E-state index in [9.17, 15) is 4.79 Å². The summed E-state index contributed by atoms with van der Waals surface area (Å²) in [7, 11) is 4.03. The topological polar surface area (TPSA) is 23.6 Å². The molecule has 5 heteroatoms. The zero-order chi connectivity index (χ0) is 18.4. The molecule has 3 nitrogen and oxygen atoms in total. The van der Waals surface area contributed by atoms with Crippen molar-refractivity contribution in [3.63, 3.8) is 0 Å². The summed E-state index contributed by atoms with van der Waals surface area (Å²) in [5.41, 5.74) is 2.18. The quantitative estimate of drug-likeness (QED) is 0.461. The molecule has 1 amide bonds. The van der Waals surface area contributed by atoms with Crippen LogP contribution in [-0.2, 0) is 4.79 Å². The molecule has 0 N–H and O–H groups in total. The Morgan fingerprint density at radius 3 is 2.48 bits per heavy atom. The number of thioether (sulfide) groups is 1. The van der Waals surface area contributed by atoms with Crippen LogP contribution < -0.4 is 4.90 Å². The predicted molar refractivity (Wildman–Crippen MR) is 114 cm³/mol. The van der Waals surface area contributed by atoms with Crippen LogP contribution in [0.25, 0.3) is 6.08 Å². The second-order valence-electron chi connectivity index (χ2n) is 6.69. The molecule has 1 atom stereocenters. The highest BCUT2D eigenvalue weighted by Crippen LogP contribution is 2.34. The molecule has 1 heterocycles. The maximum atomic E-state index is 12.8. The van der Waals surface area contributed by atoms with Gasteiger partial charge in [-0.1, -0.05) is 69.2 Å². The number of thiocarbonyl (C=S) groups is 1. The first-order valence-corrected chi connectivity index (χ1v) is 10.2. The van der Waals surface area contributed by atoms with Gasteiger partial charge < -0.3 is 4.90 Å². The van der Waals surface area contributed by atoms with Crippen molar-refractivity contribution in [2.75, 3.05) is 25.5 Å². The van der Waals surface area contributed by atoms with E-state index in [1.165, 1.54) is 24.6 Å². The number of nitrogens with zero attached hydrogens (tertiary/aromatic N) is 2. The van der Waals surface area contributed by atoms with Crippen molar-refractivity contribution in [3.05, 3.63) is 34.7 Å². The Balaban J connectivity index is 2.08. The fourth-order valence-electron chi connectivity index (χ4n) is 2.85. The monoisotopic (exact) mass is 376 g/mol. The first-order valence-electron chi connectivity index (χ1n) is 8.99. The molecular formula is C20H28N2OS2. The maximum absolute atomic E-state index is 12.8. The van der Waals surface area contributed by atoms with Gasteiger partial charge in [0.05, 0.1) is 4.91 Å². The summed E-state index contributed by atoms with van der Waals surface area (Å²) in [6.07, 6.45) is 6.60. The number of unbranched alkanes of at least 4 members (excludes halogenated alkanes) is 1. The number of benzene rings is 1. The van der Waals surface area contributed by atoms with Crippen LogP contribution in [-0.4, -0.2) is 35.8 Å². The summed E-state index contributed by atoms with van der Waals surface area (Å²) in [5.74, 6) is 0.586. The highest BCUT2D eigenvalue weighted by atomic mass is 32.2. The number of carbonyl (C=O) groups excluding carboxylic acids is 1. The molecule has 1 aliphatic heterocycles. The number of carbonyl (C=O) groups is 1. The summed E-state index contributed by atoms with van der Waals surface area (Å²) in [4.78, 5) is 17.3. The van der Waals surface area contributed by atoms with Gasteiger partial charge in [0.1, 0.15) is 4.32 Å². The van der Waals surface area contributed by atoms with E-state index in [1.807, 2.05) is 32.3 Å². The second-order valence-corrected chi connectivity index (χ2v) is 8.37. The molecule has 0 spiro atoms. The fourth-order valence-corrected chi connectivity index (χ4v) is 4.13. The lowest BCUT2D eigenvalue weighted by Crippen LogP contribution is -2.33. The van der Waals surface area contributed by atoms with Crippen molar-refractivity contribution >= 4 is 46.0 Å². The minimum atomic E-state index is 0.0571. The molecule has 1 saturated heterocycles. The van der Waals surface area contributed by atoms with Gasteiger partial charge in [-0.15, -0.1) is 0 Å². The number of amides is 1. The van der Waals surface area contributed by atoms with Gasteiger partial charge in [-0.2, -0.15) is 0 Å². The first kappa shape index (κ1) is 20.0. The fraction of sp³-hybridized carbons (Fsp3) is 0.500. The molecule has 136 valence electrons. The molecule has 0 aliphatic carbocycles. The number of hydrogen-bond donors (Lipinski definition) is 0. The maximum Gasteiger partial charge on any atom is 0.266 e. The van der Waals surface area contributed by atoms with Crippen LogP contribution in [0.15, 0.2) is 29.2 Å². The van der Waals surface area contributed by atoms with Crippen molar-refractivity contribution in [1.82, 2.24) is 4.90 Å². The lowest BCUT2D eigenvalue weighted by molar-refractivity contribution is -0.122. The molecule has 1 aromatic rings. The molecular weight excluding hydrogens is 348 g/mol. The van der Waals surface area contributed by atoms with E-state index in [-0.39, 0.29) is 5.91 Å². The Kier molecular flexibility index (Phi) is 7.51. The first-order chi connectivity index (χ1) is 12.0. The molecule has 0 radical (unpaired) electrons. The SMILES string of the molecule is CCCC[C@H](CC)CN1C(=O)/C(=C/c2ccc(N(C)C)cc2)SC1=S. The van der Waals surface area contributed by atoms with E-state index < -0.39 is 0 Å². The van der Waals surface area contributed by atoms with Gasteiger partial charge in [0.15, 0.2) is 0 Å². The zero-order valence-corrected chi connectivity index (χ0v) is 17.3. The molecule has 0 aromatic heterocycles. The third kappa shape index (κ3) is 5.32. The van der Waals surface area contributed by atoms with E-state index in [2.05, 4.69) is 30.9 Å². The lowest BCUT2D eigenvalue weighted by atomic mass is 9.99. The van der Waals surface area contributed by atoms with Crippen LogP contribution in [0.4, 0.5) is 5.69 Å². The standard InChI is InChI=1S/C20H28N2OS2/c1-5-7-8-15(6-2)14-22-19(23)18(25-20(22)24)13-16-9-11-17(12-10-16)21(3)4/h9-13,15H,5-8,14H2,1-4H3/b18-13-/t15-/m0/s1. The Morgan fingerprint density at radius 2 is 1.92 bits per heavy atom. The highest BCUT2D eigenvalue weighted by Gasteiger charge is 2.33. The van der Waals surface area contributed by atoms with Gasteiger partial charge in [0.2, 0.25) is 0 Å². The summed E-state index contributed by atoms with van der Waals surface area (Å²) < 4.78 is 0.691. The van der Waals surface area contributed by atoms with Crippen LogP contribution >= 0.6 is 24.0 Å². The van der Waals surface area contributed by atoms with Gasteiger partial charge in [0.25, 0.3) is 5.91 Å². The Labute approximate surface area is 161 Å². The highest BCUT2D eigenvalue weighted by molar-refractivity contribution is 8.26. The van der Waals surface area contributed by atoms with E-state index in [0.717, 1.165) is 35.5 Å². The van der Waals surface area contributed by atoms with Crippen molar-refractivity contribution in [2.45, 2.75) is 39.5 Å². The van der Waals surface area contributed by atoms with Crippen LogP contribution in [0.3, 0.4) is 0 Å². The van der Waals surface area contributed by atoms with E-state index in [1.54, 1.807) is 4.90 Å². The molecule has 1 aliphatic rings. The van der Waals surface area contributed by atoms with Gasteiger partial charge in [-0.25, -0.2) is 0 Å². The molecule has 2 rings (SSSR count). The minimum absolute atomic E-state index is 0.0571. The van der Waals surface area contributed by atoms with Crippen molar-refractivity contribution in [1.29, 1.82) is 0 Å². The summed E-state index contributed by atoms with van der Waals surface area (Å²) in [6, 6.07) is 8.20. The average Bonchev–Trinajstić information content (AvgIpc) is 2.86. The average molecular weight is 377 g/mol. The van der Waals surface area contributed by atoms with Gasteiger partial charge in [-0.05, 0) is 36.1 Å². The van der Waals surface area contributed by atoms with Crippen LogP contribution in [0.5, 0.6) is 0 Å². The number of anilines is 1. The van der Waals surface area contributed by atoms with Crippen LogP contribution in [0.1, 0.15) is 45.1 Å². The molecule has 0 unspecified atom stereocenters. The van der Waals surface area contributed by atoms with Crippen LogP contribution in [0.2, 0.25) is 0 Å². The molecule has 0 bridgehead atoms. The summed E-state index contributed by atoms with van der Waals surface area (Å²) in [5, 5.41) is 0. The normalized spacial score (nSPS) is 17.4. The van der Waals surface area contributed by atoms with Crippen molar-refractivity contribution in [3.8, 4) is 0 Å². The van der Waals surface area contributed by atoms with Crippen LogP contribution in [0, 0.1) is 5.92 Å². The van der Waals surface area contributed by atoms with Gasteiger partial charge in [0, 0.05) is 26.3 Å². The molecule has 0 saturated carbocycles. The summed E-state index contributed by atoms with van der Waals surface area (Å²) in [6.45, 7) is 5.15. The van der Waals surface area contributed by atoms with E-state index in [4.69, 9.17) is 12.2 Å². The zero-order valence-electron chi connectivity index (χ0n) is 15.6. The van der Waals surface area contributed by atoms with Crippen molar-refractivity contribution in [2.24, 2.45) is 5.92 Å². The lowest BCUT2D eigenvalue weighted by Gasteiger charge is -2.21. The Bertz CT molecular complexity index is 638. The smallest absolute Gasteiger partial charge is 0.266 e. The van der Waals surface area contributed by atoms with Gasteiger partial charge >= 0.3 is 0 Å².